The topological polar surface area (TPSA) is 82.0 Å². The Morgan fingerprint density at radius 2 is 1.96 bits per heavy atom. The molecule has 0 radical (unpaired) electrons. The summed E-state index contributed by atoms with van der Waals surface area (Å²) in [6.07, 6.45) is 0.548. The largest absolute Gasteiger partial charge is 0.508 e. The molecular weight excluding hydrogens is 296 g/mol. The summed E-state index contributed by atoms with van der Waals surface area (Å²) < 4.78 is 5.39. The van der Waals surface area contributed by atoms with Crippen molar-refractivity contribution in [1.82, 2.24) is 10.2 Å². The fourth-order valence-electron chi connectivity index (χ4n) is 2.03. The smallest absolute Gasteiger partial charge is 0.410 e. The number of hydrogen-bond acceptors (Lipinski definition) is 5. The van der Waals surface area contributed by atoms with Crippen LogP contribution in [-0.4, -0.2) is 46.4 Å². The Balaban J connectivity index is 2.45. The quantitative estimate of drug-likeness (QED) is 0.672. The zero-order valence-corrected chi connectivity index (χ0v) is 14.4. The summed E-state index contributed by atoms with van der Waals surface area (Å²) in [7, 11) is 0. The van der Waals surface area contributed by atoms with Gasteiger partial charge in [-0.25, -0.2) is 4.79 Å². The van der Waals surface area contributed by atoms with Crippen LogP contribution in [0.2, 0.25) is 0 Å². The Morgan fingerprint density at radius 3 is 2.52 bits per heavy atom. The van der Waals surface area contributed by atoms with E-state index in [-0.39, 0.29) is 17.6 Å². The lowest BCUT2D eigenvalue weighted by atomic mass is 10.2. The minimum absolute atomic E-state index is 0.0327. The molecule has 0 unspecified atom stereocenters. The van der Waals surface area contributed by atoms with Crippen LogP contribution in [0.25, 0.3) is 0 Å². The first kappa shape index (κ1) is 19.1. The van der Waals surface area contributed by atoms with Crippen molar-refractivity contribution in [1.29, 1.82) is 0 Å². The lowest BCUT2D eigenvalue weighted by molar-refractivity contribution is 0.0252. The maximum Gasteiger partial charge on any atom is 0.410 e. The summed E-state index contributed by atoms with van der Waals surface area (Å²) >= 11 is 0. The van der Waals surface area contributed by atoms with Gasteiger partial charge < -0.3 is 25.2 Å². The fraction of sp³-hybridized carbons (Fsp3) is 0.588. The van der Waals surface area contributed by atoms with Gasteiger partial charge in [0.25, 0.3) is 0 Å². The van der Waals surface area contributed by atoms with Crippen molar-refractivity contribution in [2.24, 2.45) is 0 Å². The number of phenolic OH excluding ortho intramolecular Hbond substituents is 2. The number of benzene rings is 1. The molecule has 130 valence electrons. The molecule has 0 heterocycles. The van der Waals surface area contributed by atoms with E-state index in [0.29, 0.717) is 31.7 Å². The minimum Gasteiger partial charge on any atom is -0.508 e. The summed E-state index contributed by atoms with van der Waals surface area (Å²) in [6, 6.07) is 4.50. The first-order chi connectivity index (χ1) is 10.7. The number of ether oxygens (including phenoxy) is 1. The Labute approximate surface area is 138 Å². The highest BCUT2D eigenvalue weighted by molar-refractivity contribution is 5.68. The maximum atomic E-state index is 12.1. The number of aromatic hydroxyl groups is 2. The maximum absolute atomic E-state index is 12.1. The van der Waals surface area contributed by atoms with E-state index in [1.165, 1.54) is 12.1 Å². The highest BCUT2D eigenvalue weighted by Crippen LogP contribution is 2.22. The van der Waals surface area contributed by atoms with E-state index >= 15 is 0 Å². The summed E-state index contributed by atoms with van der Waals surface area (Å²) in [5.74, 6) is 0.0837. The summed E-state index contributed by atoms with van der Waals surface area (Å²) in [4.78, 5) is 13.8. The standard InChI is InChI=1S/C17H28N2O4/c1-5-9-19(16(22)23-17(2,3)4)10-8-18-12-13-6-7-14(20)11-15(13)21/h6-7,11,18,20-21H,5,8-10,12H2,1-4H3. The highest BCUT2D eigenvalue weighted by atomic mass is 16.6. The number of rotatable bonds is 7. The van der Waals surface area contributed by atoms with E-state index in [9.17, 15) is 15.0 Å². The van der Waals surface area contributed by atoms with Crippen molar-refractivity contribution < 1.29 is 19.7 Å². The number of amides is 1. The predicted molar refractivity (Wildman–Crippen MR) is 89.6 cm³/mol. The van der Waals surface area contributed by atoms with Gasteiger partial charge in [-0.2, -0.15) is 0 Å². The van der Waals surface area contributed by atoms with Crippen molar-refractivity contribution in [3.05, 3.63) is 23.8 Å². The third kappa shape index (κ3) is 7.23. The van der Waals surface area contributed by atoms with Crippen LogP contribution in [0.5, 0.6) is 11.5 Å². The molecule has 0 aliphatic rings. The number of phenols is 2. The third-order valence-electron chi connectivity index (χ3n) is 3.09. The molecule has 0 saturated carbocycles. The van der Waals surface area contributed by atoms with Gasteiger partial charge in [0, 0.05) is 37.8 Å². The number of nitrogens with one attached hydrogen (secondary N) is 1. The van der Waals surface area contributed by atoms with E-state index < -0.39 is 5.60 Å². The van der Waals surface area contributed by atoms with Crippen LogP contribution in [-0.2, 0) is 11.3 Å². The Hall–Kier alpha value is -1.95. The van der Waals surface area contributed by atoms with Gasteiger partial charge in [0.15, 0.2) is 0 Å². The molecule has 0 aliphatic heterocycles. The zero-order valence-electron chi connectivity index (χ0n) is 14.4. The molecule has 0 saturated heterocycles. The number of carbonyl (C=O) groups is 1. The van der Waals surface area contributed by atoms with Gasteiger partial charge in [-0.1, -0.05) is 13.0 Å². The molecule has 0 fully saturated rings. The van der Waals surface area contributed by atoms with Crippen LogP contribution in [0.4, 0.5) is 4.79 Å². The Kier molecular flexibility index (Phi) is 7.16. The third-order valence-corrected chi connectivity index (χ3v) is 3.09. The van der Waals surface area contributed by atoms with Gasteiger partial charge in [-0.15, -0.1) is 0 Å². The molecule has 1 aromatic rings. The molecule has 6 heteroatoms. The zero-order chi connectivity index (χ0) is 17.5. The predicted octanol–water partition coefficient (Wildman–Crippen LogP) is 2.83. The van der Waals surface area contributed by atoms with Crippen LogP contribution in [0.15, 0.2) is 18.2 Å². The molecule has 1 aromatic carbocycles. The van der Waals surface area contributed by atoms with E-state index in [2.05, 4.69) is 5.32 Å². The van der Waals surface area contributed by atoms with Crippen molar-refractivity contribution >= 4 is 6.09 Å². The molecule has 23 heavy (non-hydrogen) atoms. The van der Waals surface area contributed by atoms with E-state index in [0.717, 1.165) is 6.42 Å². The first-order valence-corrected chi connectivity index (χ1v) is 7.92. The minimum atomic E-state index is -0.506. The lowest BCUT2D eigenvalue weighted by Gasteiger charge is -2.27. The fourth-order valence-corrected chi connectivity index (χ4v) is 2.03. The van der Waals surface area contributed by atoms with Crippen LogP contribution in [0.1, 0.15) is 39.7 Å². The van der Waals surface area contributed by atoms with Gasteiger partial charge in [0.2, 0.25) is 0 Å². The molecule has 0 aliphatic carbocycles. The van der Waals surface area contributed by atoms with Crippen LogP contribution in [0, 0.1) is 0 Å². The van der Waals surface area contributed by atoms with Gasteiger partial charge >= 0.3 is 6.09 Å². The van der Waals surface area contributed by atoms with Crippen molar-refractivity contribution in [3.8, 4) is 11.5 Å². The average Bonchev–Trinajstić information content (AvgIpc) is 2.42. The van der Waals surface area contributed by atoms with Crippen molar-refractivity contribution in [2.75, 3.05) is 19.6 Å². The second-order valence-corrected chi connectivity index (χ2v) is 6.46. The Bertz CT molecular complexity index is 512. The SMILES string of the molecule is CCCN(CCNCc1ccc(O)cc1O)C(=O)OC(C)(C)C. The number of hydrogen-bond donors (Lipinski definition) is 3. The molecule has 0 atom stereocenters. The van der Waals surface area contributed by atoms with E-state index in [4.69, 9.17) is 4.74 Å². The molecule has 6 nitrogen and oxygen atoms in total. The van der Waals surface area contributed by atoms with Crippen molar-refractivity contribution in [3.63, 3.8) is 0 Å². The van der Waals surface area contributed by atoms with Crippen molar-refractivity contribution in [2.45, 2.75) is 46.3 Å². The van der Waals surface area contributed by atoms with Gasteiger partial charge in [0.1, 0.15) is 17.1 Å². The molecule has 0 bridgehead atoms. The molecule has 1 rings (SSSR count). The van der Waals surface area contributed by atoms with Crippen LogP contribution < -0.4 is 5.32 Å². The second-order valence-electron chi connectivity index (χ2n) is 6.46. The second kappa shape index (κ2) is 8.62. The summed E-state index contributed by atoms with van der Waals surface area (Å²) in [5, 5.41) is 22.1. The van der Waals surface area contributed by atoms with E-state index in [1.807, 2.05) is 27.7 Å². The summed E-state index contributed by atoms with van der Waals surface area (Å²) in [6.45, 7) is 9.77. The highest BCUT2D eigenvalue weighted by Gasteiger charge is 2.21. The number of nitrogens with zero attached hydrogens (tertiary/aromatic N) is 1. The van der Waals surface area contributed by atoms with E-state index in [1.54, 1.807) is 11.0 Å². The Morgan fingerprint density at radius 1 is 1.26 bits per heavy atom. The first-order valence-electron chi connectivity index (χ1n) is 7.92. The van der Waals surface area contributed by atoms with Gasteiger partial charge in [-0.3, -0.25) is 0 Å². The van der Waals surface area contributed by atoms with Crippen LogP contribution in [0.3, 0.4) is 0 Å². The van der Waals surface area contributed by atoms with Crippen LogP contribution >= 0.6 is 0 Å². The molecule has 0 spiro atoms. The normalized spacial score (nSPS) is 11.3. The van der Waals surface area contributed by atoms with Gasteiger partial charge in [-0.05, 0) is 33.3 Å². The van der Waals surface area contributed by atoms with Gasteiger partial charge in [0.05, 0.1) is 0 Å². The monoisotopic (exact) mass is 324 g/mol. The number of carbonyl (C=O) groups excluding carboxylic acids is 1. The average molecular weight is 324 g/mol. The molecule has 3 N–H and O–H groups in total. The molecule has 1 amide bonds. The lowest BCUT2D eigenvalue weighted by Crippen LogP contribution is -2.40. The summed E-state index contributed by atoms with van der Waals surface area (Å²) in [5.41, 5.74) is 0.191. The molecule has 0 aromatic heterocycles. The molecular formula is C17H28N2O4.